The lowest BCUT2D eigenvalue weighted by molar-refractivity contribution is -0.387. The Hall–Kier alpha value is -1.96. The zero-order valence-electron chi connectivity index (χ0n) is 6.74. The molecule has 0 amide bonds. The van der Waals surface area contributed by atoms with Gasteiger partial charge < -0.3 is 0 Å². The molecule has 0 unspecified atom stereocenters. The molecule has 1 rings (SSSR count). The third-order valence-corrected chi connectivity index (χ3v) is 1.51. The average Bonchev–Trinajstić information content (AvgIpc) is 2.01. The number of rotatable bonds is 1. The summed E-state index contributed by atoms with van der Waals surface area (Å²) in [6.45, 7) is 1.56. The molecule has 0 aliphatic heterocycles. The van der Waals surface area contributed by atoms with Crippen LogP contribution in [-0.2, 0) is 0 Å². The number of nitro benzene ring substituents is 1. The molecule has 0 spiro atoms. The Morgan fingerprint density at radius 3 is 2.69 bits per heavy atom. The highest BCUT2D eigenvalue weighted by atomic mass is 19.1. The first-order chi connectivity index (χ1) is 6.06. The molecule has 13 heavy (non-hydrogen) atoms. The normalized spacial score (nSPS) is 9.31. The van der Waals surface area contributed by atoms with Crippen LogP contribution in [0, 0.1) is 34.2 Å². The molecular formula is C8H5FN2O2. The van der Waals surface area contributed by atoms with Crippen LogP contribution in [0.3, 0.4) is 0 Å². The molecule has 0 aliphatic rings. The number of benzene rings is 1. The van der Waals surface area contributed by atoms with Crippen LogP contribution < -0.4 is 0 Å². The monoisotopic (exact) mass is 180 g/mol. The smallest absolute Gasteiger partial charge is 0.258 e. The summed E-state index contributed by atoms with van der Waals surface area (Å²) in [7, 11) is 0. The predicted molar refractivity (Wildman–Crippen MR) is 42.5 cm³/mol. The lowest BCUT2D eigenvalue weighted by Crippen LogP contribution is -1.97. The maximum Gasteiger partial charge on any atom is 0.322 e. The molecule has 0 N–H and O–H groups in total. The summed E-state index contributed by atoms with van der Waals surface area (Å²) >= 11 is 0. The maximum absolute atomic E-state index is 13.0. The van der Waals surface area contributed by atoms with Crippen molar-refractivity contribution in [2.75, 3.05) is 0 Å². The Bertz CT molecular complexity index is 409. The van der Waals surface area contributed by atoms with Gasteiger partial charge in [0.1, 0.15) is 11.6 Å². The van der Waals surface area contributed by atoms with Gasteiger partial charge in [0.2, 0.25) is 5.82 Å². The second-order valence-electron chi connectivity index (χ2n) is 2.51. The van der Waals surface area contributed by atoms with Crippen LogP contribution in [0.1, 0.15) is 11.1 Å². The van der Waals surface area contributed by atoms with Gasteiger partial charge in [-0.2, -0.15) is 9.65 Å². The zero-order chi connectivity index (χ0) is 10.0. The van der Waals surface area contributed by atoms with Gasteiger partial charge in [-0.15, -0.1) is 0 Å². The van der Waals surface area contributed by atoms with Crippen LogP contribution >= 0.6 is 0 Å². The van der Waals surface area contributed by atoms with E-state index in [1.165, 1.54) is 6.07 Å². The Morgan fingerprint density at radius 2 is 2.23 bits per heavy atom. The molecule has 0 bridgehead atoms. The molecule has 0 saturated carbocycles. The fourth-order valence-corrected chi connectivity index (χ4v) is 1.01. The summed E-state index contributed by atoms with van der Waals surface area (Å²) in [5.41, 5.74) is -0.518. The van der Waals surface area contributed by atoms with Crippen molar-refractivity contribution < 1.29 is 9.31 Å². The number of hydrogen-bond acceptors (Lipinski definition) is 3. The molecule has 0 aliphatic carbocycles. The van der Waals surface area contributed by atoms with Crippen molar-refractivity contribution >= 4 is 5.69 Å². The van der Waals surface area contributed by atoms with Crippen LogP contribution in [-0.4, -0.2) is 4.92 Å². The van der Waals surface area contributed by atoms with Crippen LogP contribution in [0.15, 0.2) is 12.1 Å². The second kappa shape index (κ2) is 3.19. The van der Waals surface area contributed by atoms with Crippen molar-refractivity contribution in [1.29, 1.82) is 5.26 Å². The molecular weight excluding hydrogens is 175 g/mol. The maximum atomic E-state index is 13.0. The van der Waals surface area contributed by atoms with E-state index in [1.807, 2.05) is 0 Å². The first-order valence-corrected chi connectivity index (χ1v) is 3.41. The summed E-state index contributed by atoms with van der Waals surface area (Å²) in [4.78, 5) is 9.43. The summed E-state index contributed by atoms with van der Waals surface area (Å²) in [5.74, 6) is -0.971. The van der Waals surface area contributed by atoms with Gasteiger partial charge in [-0.1, -0.05) is 0 Å². The third-order valence-electron chi connectivity index (χ3n) is 1.51. The van der Waals surface area contributed by atoms with Gasteiger partial charge in [0.25, 0.3) is 0 Å². The minimum absolute atomic E-state index is 0.248. The van der Waals surface area contributed by atoms with E-state index in [0.29, 0.717) is 5.56 Å². The lowest BCUT2D eigenvalue weighted by Gasteiger charge is -1.97. The second-order valence-corrected chi connectivity index (χ2v) is 2.51. The van der Waals surface area contributed by atoms with Gasteiger partial charge >= 0.3 is 5.69 Å². The standard InChI is InChI=1S/C8H5FN2O2/c1-5-2-6(4-10)8(11(12)13)7(9)3-5/h2-3H,1H3. The Kier molecular flexibility index (Phi) is 2.24. The Morgan fingerprint density at radius 1 is 1.62 bits per heavy atom. The highest BCUT2D eigenvalue weighted by molar-refractivity contribution is 5.51. The fourth-order valence-electron chi connectivity index (χ4n) is 1.01. The summed E-state index contributed by atoms with van der Waals surface area (Å²) in [5, 5.41) is 18.8. The molecule has 0 heterocycles. The molecule has 0 saturated heterocycles. The van der Waals surface area contributed by atoms with Crippen LogP contribution in [0.2, 0.25) is 0 Å². The zero-order valence-corrected chi connectivity index (χ0v) is 6.74. The predicted octanol–water partition coefficient (Wildman–Crippen LogP) is 1.91. The number of hydrogen-bond donors (Lipinski definition) is 0. The first-order valence-electron chi connectivity index (χ1n) is 3.41. The topological polar surface area (TPSA) is 66.9 Å². The lowest BCUT2D eigenvalue weighted by atomic mass is 10.1. The van der Waals surface area contributed by atoms with Gasteiger partial charge in [-0.3, -0.25) is 10.1 Å². The quantitative estimate of drug-likeness (QED) is 0.489. The van der Waals surface area contributed by atoms with E-state index >= 15 is 0 Å². The highest BCUT2D eigenvalue weighted by Gasteiger charge is 2.20. The molecule has 0 atom stereocenters. The summed E-state index contributed by atoms with van der Waals surface area (Å²) < 4.78 is 13.0. The van der Waals surface area contributed by atoms with Crippen molar-refractivity contribution in [2.45, 2.75) is 6.92 Å². The van der Waals surface area contributed by atoms with Crippen molar-refractivity contribution in [3.05, 3.63) is 39.2 Å². The number of aryl methyl sites for hydroxylation is 1. The minimum atomic E-state index is -0.971. The van der Waals surface area contributed by atoms with Gasteiger partial charge in [0.15, 0.2) is 0 Å². The number of nitriles is 1. The number of nitro groups is 1. The van der Waals surface area contributed by atoms with Crippen molar-refractivity contribution in [3.8, 4) is 6.07 Å². The van der Waals surface area contributed by atoms with Crippen LogP contribution in [0.5, 0.6) is 0 Å². The molecule has 4 nitrogen and oxygen atoms in total. The SMILES string of the molecule is Cc1cc(F)c([N+](=O)[O-])c(C#N)c1. The summed E-state index contributed by atoms with van der Waals surface area (Å²) in [6.07, 6.45) is 0. The van der Waals surface area contributed by atoms with Crippen LogP contribution in [0.4, 0.5) is 10.1 Å². The molecule has 1 aromatic carbocycles. The van der Waals surface area contributed by atoms with Gasteiger partial charge in [0, 0.05) is 0 Å². The van der Waals surface area contributed by atoms with E-state index < -0.39 is 16.4 Å². The van der Waals surface area contributed by atoms with E-state index in [1.54, 1.807) is 13.0 Å². The minimum Gasteiger partial charge on any atom is -0.258 e. The van der Waals surface area contributed by atoms with Crippen molar-refractivity contribution in [2.24, 2.45) is 0 Å². The summed E-state index contributed by atoms with van der Waals surface area (Å²) in [6, 6.07) is 3.88. The molecule has 1 aromatic rings. The van der Waals surface area contributed by atoms with Gasteiger partial charge in [0.05, 0.1) is 4.92 Å². The van der Waals surface area contributed by atoms with Crippen LogP contribution in [0.25, 0.3) is 0 Å². The number of nitrogens with zero attached hydrogens (tertiary/aromatic N) is 2. The fraction of sp³-hybridized carbons (Fsp3) is 0.125. The Balaban J connectivity index is 3.50. The molecule has 0 aromatic heterocycles. The van der Waals surface area contributed by atoms with Gasteiger partial charge in [-0.05, 0) is 24.6 Å². The number of halogens is 1. The van der Waals surface area contributed by atoms with E-state index in [9.17, 15) is 14.5 Å². The first kappa shape index (κ1) is 9.13. The van der Waals surface area contributed by atoms with E-state index in [2.05, 4.69) is 0 Å². The molecule has 0 radical (unpaired) electrons. The molecule has 0 fully saturated rings. The Labute approximate surface area is 73.4 Å². The van der Waals surface area contributed by atoms with Gasteiger partial charge in [-0.25, -0.2) is 0 Å². The average molecular weight is 180 g/mol. The van der Waals surface area contributed by atoms with Crippen molar-refractivity contribution in [3.63, 3.8) is 0 Å². The molecule has 66 valence electrons. The van der Waals surface area contributed by atoms with Crippen molar-refractivity contribution in [1.82, 2.24) is 0 Å². The molecule has 5 heteroatoms. The highest BCUT2D eigenvalue weighted by Crippen LogP contribution is 2.23. The van der Waals surface area contributed by atoms with E-state index in [0.717, 1.165) is 6.07 Å². The largest absolute Gasteiger partial charge is 0.322 e. The van der Waals surface area contributed by atoms with E-state index in [4.69, 9.17) is 5.26 Å². The third kappa shape index (κ3) is 1.62. The van der Waals surface area contributed by atoms with E-state index in [-0.39, 0.29) is 5.56 Å².